The van der Waals surface area contributed by atoms with Crippen LogP contribution in [0.1, 0.15) is 13.8 Å². The highest BCUT2D eigenvalue weighted by atomic mass is 16.5. The van der Waals surface area contributed by atoms with E-state index in [2.05, 4.69) is 11.9 Å². The fraction of sp³-hybridized carbons (Fsp3) is 0.667. The predicted molar refractivity (Wildman–Crippen MR) is 51.6 cm³/mol. The molecule has 0 saturated heterocycles. The molecule has 14 heavy (non-hydrogen) atoms. The number of hydrogen-bond donors (Lipinski definition) is 3. The quantitative estimate of drug-likeness (QED) is 0.598. The van der Waals surface area contributed by atoms with E-state index < -0.39 is 11.5 Å². The Balaban J connectivity index is 3.92. The van der Waals surface area contributed by atoms with Gasteiger partial charge in [0, 0.05) is 11.1 Å². The molecule has 3 N–H and O–H groups in total. The van der Waals surface area contributed by atoms with Gasteiger partial charge in [0.1, 0.15) is 6.61 Å². The molecule has 0 fully saturated rings. The Kier molecular flexibility index (Phi) is 5.19. The molecule has 1 amide bonds. The molecule has 0 rings (SSSR count). The van der Waals surface area contributed by atoms with Crippen LogP contribution in [0.2, 0.25) is 0 Å². The van der Waals surface area contributed by atoms with Crippen molar-refractivity contribution in [2.75, 3.05) is 19.8 Å². The molecule has 5 heteroatoms. The van der Waals surface area contributed by atoms with E-state index in [9.17, 15) is 4.79 Å². The molecule has 0 aromatic carbocycles. The summed E-state index contributed by atoms with van der Waals surface area (Å²) in [5.41, 5.74) is -0.323. The van der Waals surface area contributed by atoms with Crippen molar-refractivity contribution in [1.29, 1.82) is 0 Å². The topological polar surface area (TPSA) is 78.8 Å². The van der Waals surface area contributed by atoms with E-state index in [1.54, 1.807) is 13.8 Å². The summed E-state index contributed by atoms with van der Waals surface area (Å²) >= 11 is 0. The lowest BCUT2D eigenvalue weighted by Gasteiger charge is -2.23. The van der Waals surface area contributed by atoms with Gasteiger partial charge in [-0.05, 0) is 6.92 Å². The zero-order valence-corrected chi connectivity index (χ0v) is 8.54. The minimum atomic E-state index is -0.799. The number of allylic oxidation sites excluding steroid dienone is 1. The van der Waals surface area contributed by atoms with Crippen molar-refractivity contribution in [3.63, 3.8) is 0 Å². The molecule has 0 spiro atoms. The summed E-state index contributed by atoms with van der Waals surface area (Å²) in [5, 5.41) is 20.1. The zero-order chi connectivity index (χ0) is 11.2. The Morgan fingerprint density at radius 3 is 2.36 bits per heavy atom. The van der Waals surface area contributed by atoms with Crippen molar-refractivity contribution in [3.05, 3.63) is 12.3 Å². The first-order chi connectivity index (χ1) is 6.43. The summed E-state index contributed by atoms with van der Waals surface area (Å²) in [5.74, 6) is 0. The summed E-state index contributed by atoms with van der Waals surface area (Å²) in [7, 11) is 0. The molecule has 5 nitrogen and oxygen atoms in total. The monoisotopic (exact) mass is 203 g/mol. The van der Waals surface area contributed by atoms with Crippen molar-refractivity contribution in [1.82, 2.24) is 5.32 Å². The summed E-state index contributed by atoms with van der Waals surface area (Å²) in [6.45, 7) is 6.17. The van der Waals surface area contributed by atoms with E-state index in [4.69, 9.17) is 14.9 Å². The highest BCUT2D eigenvalue weighted by molar-refractivity contribution is 5.69. The van der Waals surface area contributed by atoms with Crippen molar-refractivity contribution in [2.45, 2.75) is 13.8 Å². The number of aliphatic hydroxyl groups is 2. The molecule has 0 atom stereocenters. The van der Waals surface area contributed by atoms with Gasteiger partial charge >= 0.3 is 6.09 Å². The average Bonchev–Trinajstić information content (AvgIpc) is 2.13. The molecule has 0 aliphatic carbocycles. The predicted octanol–water partition coefficient (Wildman–Crippen LogP) is 0.237. The third kappa shape index (κ3) is 4.84. The summed E-state index contributed by atoms with van der Waals surface area (Å²) in [4.78, 5) is 11.0. The number of hydrogen-bond acceptors (Lipinski definition) is 4. The van der Waals surface area contributed by atoms with Crippen molar-refractivity contribution in [3.8, 4) is 0 Å². The number of carbonyl (C=O) groups is 1. The zero-order valence-electron chi connectivity index (χ0n) is 8.54. The van der Waals surface area contributed by atoms with Crippen LogP contribution in [-0.4, -0.2) is 36.1 Å². The third-order valence-corrected chi connectivity index (χ3v) is 1.63. The van der Waals surface area contributed by atoms with Gasteiger partial charge in [0.2, 0.25) is 0 Å². The van der Waals surface area contributed by atoms with Crippen molar-refractivity contribution in [2.24, 2.45) is 5.41 Å². The smallest absolute Gasteiger partial charge is 0.411 e. The maximum atomic E-state index is 11.0. The second-order valence-corrected chi connectivity index (χ2v) is 3.61. The minimum absolute atomic E-state index is 0.0425. The van der Waals surface area contributed by atoms with Crippen LogP contribution in [-0.2, 0) is 4.74 Å². The summed E-state index contributed by atoms with van der Waals surface area (Å²) in [6, 6.07) is 0. The highest BCUT2D eigenvalue weighted by Crippen LogP contribution is 2.14. The van der Waals surface area contributed by atoms with E-state index in [0.29, 0.717) is 5.70 Å². The minimum Gasteiger partial charge on any atom is -0.449 e. The second-order valence-electron chi connectivity index (χ2n) is 3.61. The Bertz CT molecular complexity index is 211. The molecular weight excluding hydrogens is 186 g/mol. The number of ether oxygens (including phenoxy) is 1. The molecule has 0 bridgehead atoms. The number of amides is 1. The van der Waals surface area contributed by atoms with Gasteiger partial charge in [0.05, 0.1) is 13.2 Å². The Labute approximate surface area is 83.4 Å². The Morgan fingerprint density at radius 1 is 1.50 bits per heavy atom. The SMILES string of the molecule is C=C(C)NC(=O)OCC(C)(CO)CO. The number of alkyl carbamates (subject to hydrolysis) is 1. The van der Waals surface area contributed by atoms with Gasteiger partial charge in [-0.25, -0.2) is 4.79 Å². The van der Waals surface area contributed by atoms with Gasteiger partial charge in [-0.15, -0.1) is 0 Å². The van der Waals surface area contributed by atoms with Gasteiger partial charge in [-0.3, -0.25) is 5.32 Å². The van der Waals surface area contributed by atoms with Crippen LogP contribution in [0.3, 0.4) is 0 Å². The Hall–Kier alpha value is -1.07. The van der Waals surface area contributed by atoms with Crippen LogP contribution in [0.15, 0.2) is 12.3 Å². The summed E-state index contributed by atoms with van der Waals surface area (Å²) in [6.07, 6.45) is -0.634. The maximum Gasteiger partial charge on any atom is 0.411 e. The lowest BCUT2D eigenvalue weighted by atomic mass is 9.95. The standard InChI is InChI=1S/C9H17NO4/c1-7(2)10-8(13)14-6-9(3,4-11)5-12/h11-12H,1,4-6H2,2-3H3,(H,10,13). The normalized spacial score (nSPS) is 10.9. The highest BCUT2D eigenvalue weighted by Gasteiger charge is 2.24. The number of aliphatic hydroxyl groups excluding tert-OH is 2. The van der Waals surface area contributed by atoms with Crippen LogP contribution in [0, 0.1) is 5.41 Å². The molecule has 0 aromatic rings. The van der Waals surface area contributed by atoms with Gasteiger partial charge in [0.15, 0.2) is 0 Å². The van der Waals surface area contributed by atoms with E-state index in [-0.39, 0.29) is 19.8 Å². The third-order valence-electron chi connectivity index (χ3n) is 1.63. The molecule has 0 aliphatic heterocycles. The Morgan fingerprint density at radius 2 is 2.00 bits per heavy atom. The first kappa shape index (κ1) is 12.9. The van der Waals surface area contributed by atoms with Gasteiger partial charge in [-0.1, -0.05) is 13.5 Å². The number of rotatable bonds is 5. The number of carbonyl (C=O) groups excluding carboxylic acids is 1. The fourth-order valence-corrected chi connectivity index (χ4v) is 0.591. The van der Waals surface area contributed by atoms with Gasteiger partial charge in [0.25, 0.3) is 0 Å². The maximum absolute atomic E-state index is 11.0. The molecule has 0 aromatic heterocycles. The molecule has 0 unspecified atom stereocenters. The summed E-state index contributed by atoms with van der Waals surface area (Å²) < 4.78 is 4.77. The first-order valence-corrected chi connectivity index (χ1v) is 4.24. The van der Waals surface area contributed by atoms with E-state index in [1.165, 1.54) is 0 Å². The van der Waals surface area contributed by atoms with Gasteiger partial charge < -0.3 is 14.9 Å². The van der Waals surface area contributed by atoms with Crippen LogP contribution in [0.5, 0.6) is 0 Å². The molecule has 0 radical (unpaired) electrons. The average molecular weight is 203 g/mol. The molecule has 0 aliphatic rings. The lowest BCUT2D eigenvalue weighted by Crippen LogP contribution is -2.35. The van der Waals surface area contributed by atoms with Gasteiger partial charge in [-0.2, -0.15) is 0 Å². The fourth-order valence-electron chi connectivity index (χ4n) is 0.591. The van der Waals surface area contributed by atoms with Crippen LogP contribution < -0.4 is 5.32 Å². The van der Waals surface area contributed by atoms with Crippen LogP contribution in [0.4, 0.5) is 4.79 Å². The molecule has 82 valence electrons. The van der Waals surface area contributed by atoms with E-state index >= 15 is 0 Å². The largest absolute Gasteiger partial charge is 0.449 e. The molecular formula is C9H17NO4. The van der Waals surface area contributed by atoms with Crippen LogP contribution in [0.25, 0.3) is 0 Å². The first-order valence-electron chi connectivity index (χ1n) is 4.24. The van der Waals surface area contributed by atoms with Crippen LogP contribution >= 0.6 is 0 Å². The second kappa shape index (κ2) is 5.62. The van der Waals surface area contributed by atoms with Crippen molar-refractivity contribution >= 4 is 6.09 Å². The molecule has 0 heterocycles. The van der Waals surface area contributed by atoms with Crippen molar-refractivity contribution < 1.29 is 19.7 Å². The lowest BCUT2D eigenvalue weighted by molar-refractivity contribution is 0.0106. The molecule has 0 saturated carbocycles. The van der Waals surface area contributed by atoms with E-state index in [1.807, 2.05) is 0 Å². The van der Waals surface area contributed by atoms with E-state index in [0.717, 1.165) is 0 Å². The number of nitrogens with one attached hydrogen (secondary N) is 1.